The summed E-state index contributed by atoms with van der Waals surface area (Å²) in [6.45, 7) is 3.93. The average Bonchev–Trinajstić information content (AvgIpc) is 3.05. The molecule has 1 atom stereocenters. The fourth-order valence-electron chi connectivity index (χ4n) is 2.29. The molecular weight excluding hydrogens is 220 g/mol. The highest BCUT2D eigenvalue weighted by Gasteiger charge is 2.62. The molecule has 1 N–H and O–H groups in total. The molecule has 17 heavy (non-hydrogen) atoms. The van der Waals surface area contributed by atoms with Gasteiger partial charge in [-0.2, -0.15) is 0 Å². The minimum atomic E-state index is -0.908. The number of nitrogens with zero attached hydrogens (tertiary/aromatic N) is 1. The number of nitrogens with one attached hydrogen (secondary N) is 1. The van der Waals surface area contributed by atoms with E-state index < -0.39 is 17.4 Å². The zero-order valence-corrected chi connectivity index (χ0v) is 10.3. The van der Waals surface area contributed by atoms with E-state index in [1.165, 1.54) is 4.90 Å². The van der Waals surface area contributed by atoms with Crippen molar-refractivity contribution in [2.45, 2.75) is 52.0 Å². The van der Waals surface area contributed by atoms with Gasteiger partial charge in [0.1, 0.15) is 5.41 Å². The first-order chi connectivity index (χ1) is 8.03. The summed E-state index contributed by atoms with van der Waals surface area (Å²) in [5, 5.41) is 2.30. The van der Waals surface area contributed by atoms with Gasteiger partial charge in [0.25, 0.3) is 0 Å². The Morgan fingerprint density at radius 3 is 2.53 bits per heavy atom. The quantitative estimate of drug-likeness (QED) is 0.753. The third kappa shape index (κ3) is 1.83. The summed E-state index contributed by atoms with van der Waals surface area (Å²) in [6, 6.07) is -0.686. The van der Waals surface area contributed by atoms with Crippen molar-refractivity contribution < 1.29 is 14.4 Å². The summed E-state index contributed by atoms with van der Waals surface area (Å²) >= 11 is 0. The Kier molecular flexibility index (Phi) is 2.93. The summed E-state index contributed by atoms with van der Waals surface area (Å²) in [5.41, 5.74) is -0.908. The first kappa shape index (κ1) is 12.1. The molecule has 2 fully saturated rings. The molecule has 1 aliphatic heterocycles. The van der Waals surface area contributed by atoms with E-state index in [2.05, 4.69) is 12.2 Å². The number of amides is 4. The van der Waals surface area contributed by atoms with Crippen molar-refractivity contribution in [2.75, 3.05) is 0 Å². The standard InChI is InChI=1S/C12H18N2O3/c1-3-4-5-8(2)14-10(16)12(6-7-12)9(15)13-11(14)17/h8H,3-7H2,1-2H3,(H,13,15,17). The Labute approximate surface area is 101 Å². The van der Waals surface area contributed by atoms with Gasteiger partial charge < -0.3 is 0 Å². The molecule has 0 radical (unpaired) electrons. The molecule has 0 aromatic heterocycles. The van der Waals surface area contributed by atoms with Crippen LogP contribution in [0.3, 0.4) is 0 Å². The normalized spacial score (nSPS) is 23.9. The van der Waals surface area contributed by atoms with E-state index in [1.807, 2.05) is 6.92 Å². The van der Waals surface area contributed by atoms with Gasteiger partial charge in [0.2, 0.25) is 11.8 Å². The van der Waals surface area contributed by atoms with Crippen LogP contribution in [0.2, 0.25) is 0 Å². The van der Waals surface area contributed by atoms with E-state index in [4.69, 9.17) is 0 Å². The summed E-state index contributed by atoms with van der Waals surface area (Å²) in [7, 11) is 0. The van der Waals surface area contributed by atoms with Crippen LogP contribution < -0.4 is 5.32 Å². The lowest BCUT2D eigenvalue weighted by Crippen LogP contribution is -2.61. The Hall–Kier alpha value is -1.39. The van der Waals surface area contributed by atoms with Crippen LogP contribution in [-0.4, -0.2) is 28.8 Å². The van der Waals surface area contributed by atoms with Crippen LogP contribution in [0.4, 0.5) is 4.79 Å². The van der Waals surface area contributed by atoms with Crippen LogP contribution >= 0.6 is 0 Å². The largest absolute Gasteiger partial charge is 0.331 e. The van der Waals surface area contributed by atoms with E-state index in [9.17, 15) is 14.4 Å². The highest BCUT2D eigenvalue weighted by molar-refractivity contribution is 6.21. The van der Waals surface area contributed by atoms with Gasteiger partial charge in [-0.3, -0.25) is 19.8 Å². The molecule has 0 aromatic rings. The Bertz CT molecular complexity index is 374. The Morgan fingerprint density at radius 2 is 2.00 bits per heavy atom. The van der Waals surface area contributed by atoms with Crippen LogP contribution in [0, 0.1) is 5.41 Å². The lowest BCUT2D eigenvalue weighted by Gasteiger charge is -2.34. The number of urea groups is 1. The first-order valence-corrected chi connectivity index (χ1v) is 6.22. The second kappa shape index (κ2) is 4.13. The average molecular weight is 238 g/mol. The lowest BCUT2D eigenvalue weighted by atomic mass is 9.99. The molecule has 2 aliphatic rings. The summed E-state index contributed by atoms with van der Waals surface area (Å²) in [6.07, 6.45) is 3.93. The number of carbonyl (C=O) groups excluding carboxylic acids is 3. The van der Waals surface area contributed by atoms with Gasteiger partial charge in [0.15, 0.2) is 0 Å². The molecule has 94 valence electrons. The van der Waals surface area contributed by atoms with Crippen LogP contribution in [0.1, 0.15) is 46.0 Å². The maximum absolute atomic E-state index is 12.2. The number of hydrogen-bond donors (Lipinski definition) is 1. The van der Waals surface area contributed by atoms with Crippen molar-refractivity contribution in [1.82, 2.24) is 10.2 Å². The minimum Gasteiger partial charge on any atom is -0.277 e. The van der Waals surface area contributed by atoms with Gasteiger partial charge in [-0.15, -0.1) is 0 Å². The number of carbonyl (C=O) groups is 3. The van der Waals surface area contributed by atoms with E-state index in [-0.39, 0.29) is 11.9 Å². The zero-order valence-electron chi connectivity index (χ0n) is 10.3. The van der Waals surface area contributed by atoms with Crippen molar-refractivity contribution in [2.24, 2.45) is 5.41 Å². The SMILES string of the molecule is CCCCC(C)N1C(=O)NC(=O)C2(CC2)C1=O. The fraction of sp³-hybridized carbons (Fsp3) is 0.750. The van der Waals surface area contributed by atoms with Crippen molar-refractivity contribution in [3.05, 3.63) is 0 Å². The van der Waals surface area contributed by atoms with Crippen molar-refractivity contribution in [1.29, 1.82) is 0 Å². The number of barbiturate groups is 1. The molecule has 1 saturated heterocycles. The third-order valence-electron chi connectivity index (χ3n) is 3.67. The summed E-state index contributed by atoms with van der Waals surface area (Å²) in [4.78, 5) is 36.7. The number of imide groups is 2. The highest BCUT2D eigenvalue weighted by Crippen LogP contribution is 2.49. The molecule has 5 nitrogen and oxygen atoms in total. The van der Waals surface area contributed by atoms with Gasteiger partial charge in [-0.1, -0.05) is 19.8 Å². The second-order valence-electron chi connectivity index (χ2n) is 5.01. The first-order valence-electron chi connectivity index (χ1n) is 6.22. The topological polar surface area (TPSA) is 66.5 Å². The van der Waals surface area contributed by atoms with Crippen molar-refractivity contribution in [3.63, 3.8) is 0 Å². The Balaban J connectivity index is 2.13. The van der Waals surface area contributed by atoms with Crippen LogP contribution in [-0.2, 0) is 9.59 Å². The van der Waals surface area contributed by atoms with Gasteiger partial charge in [-0.05, 0) is 26.2 Å². The molecular formula is C12H18N2O3. The molecule has 0 aromatic carbocycles. The molecule has 5 heteroatoms. The predicted octanol–water partition coefficient (Wildman–Crippen LogP) is 1.42. The van der Waals surface area contributed by atoms with Crippen molar-refractivity contribution >= 4 is 17.8 Å². The predicted molar refractivity (Wildman–Crippen MR) is 61.0 cm³/mol. The number of unbranched alkanes of at least 4 members (excludes halogenated alkanes) is 1. The number of rotatable bonds is 4. The van der Waals surface area contributed by atoms with Crippen LogP contribution in [0.25, 0.3) is 0 Å². The maximum atomic E-state index is 12.2. The molecule has 1 saturated carbocycles. The molecule has 1 spiro atoms. The molecule has 1 heterocycles. The Morgan fingerprint density at radius 1 is 1.35 bits per heavy atom. The van der Waals surface area contributed by atoms with Gasteiger partial charge in [-0.25, -0.2) is 4.79 Å². The maximum Gasteiger partial charge on any atom is 0.331 e. The minimum absolute atomic E-state index is 0.131. The van der Waals surface area contributed by atoms with Gasteiger partial charge >= 0.3 is 6.03 Å². The van der Waals surface area contributed by atoms with Gasteiger partial charge in [0.05, 0.1) is 0 Å². The molecule has 1 unspecified atom stereocenters. The van der Waals surface area contributed by atoms with E-state index in [0.29, 0.717) is 12.8 Å². The summed E-state index contributed by atoms with van der Waals surface area (Å²) in [5.74, 6) is -0.707. The third-order valence-corrected chi connectivity index (χ3v) is 3.67. The lowest BCUT2D eigenvalue weighted by molar-refractivity contribution is -0.146. The molecule has 1 aliphatic carbocycles. The molecule has 2 rings (SSSR count). The monoisotopic (exact) mass is 238 g/mol. The smallest absolute Gasteiger partial charge is 0.277 e. The fourth-order valence-corrected chi connectivity index (χ4v) is 2.29. The van der Waals surface area contributed by atoms with Crippen LogP contribution in [0.5, 0.6) is 0 Å². The van der Waals surface area contributed by atoms with Crippen molar-refractivity contribution in [3.8, 4) is 0 Å². The van der Waals surface area contributed by atoms with Crippen LogP contribution in [0.15, 0.2) is 0 Å². The van der Waals surface area contributed by atoms with E-state index in [0.717, 1.165) is 19.3 Å². The van der Waals surface area contributed by atoms with Gasteiger partial charge in [0, 0.05) is 6.04 Å². The summed E-state index contributed by atoms with van der Waals surface area (Å²) < 4.78 is 0. The molecule has 0 bridgehead atoms. The van der Waals surface area contributed by atoms with E-state index >= 15 is 0 Å². The zero-order chi connectivity index (χ0) is 12.6. The number of hydrogen-bond acceptors (Lipinski definition) is 3. The highest BCUT2D eigenvalue weighted by atomic mass is 16.2. The molecule has 4 amide bonds. The van der Waals surface area contributed by atoms with E-state index in [1.54, 1.807) is 0 Å². The second-order valence-corrected chi connectivity index (χ2v) is 5.01.